The molecule has 1 N–H and O–H groups in total. The van der Waals surface area contributed by atoms with Crippen LogP contribution in [0.5, 0.6) is 0 Å². The molecule has 1 aliphatic heterocycles. The SMILES string of the molecule is CCC(C)(CC)N1CC2(CCCCC2)NCC1C(C)C. The number of hydrogen-bond donors (Lipinski definition) is 1. The molecule has 0 aromatic carbocycles. The summed E-state index contributed by atoms with van der Waals surface area (Å²) < 4.78 is 0. The van der Waals surface area contributed by atoms with Crippen molar-refractivity contribution in [3.8, 4) is 0 Å². The van der Waals surface area contributed by atoms with E-state index in [1.807, 2.05) is 0 Å². The van der Waals surface area contributed by atoms with Crippen molar-refractivity contribution in [3.63, 3.8) is 0 Å². The second-order valence-electron chi connectivity index (χ2n) is 7.87. The standard InChI is InChI=1S/C18H36N2/c1-6-17(5,7-2)20-14-18(11-9-8-10-12-18)19-13-16(20)15(3)4/h15-16,19H,6-14H2,1-5H3. The van der Waals surface area contributed by atoms with Gasteiger partial charge in [-0.05, 0) is 38.5 Å². The fourth-order valence-corrected chi connectivity index (χ4v) is 4.34. The maximum absolute atomic E-state index is 3.97. The van der Waals surface area contributed by atoms with Crippen LogP contribution in [0.1, 0.15) is 79.6 Å². The molecule has 0 aromatic rings. The smallest absolute Gasteiger partial charge is 0.0309 e. The Hall–Kier alpha value is -0.0800. The van der Waals surface area contributed by atoms with Gasteiger partial charge in [-0.25, -0.2) is 0 Å². The third kappa shape index (κ3) is 3.06. The summed E-state index contributed by atoms with van der Waals surface area (Å²) in [4.78, 5) is 2.89. The van der Waals surface area contributed by atoms with E-state index in [0.29, 0.717) is 17.1 Å². The van der Waals surface area contributed by atoms with Crippen LogP contribution in [0.2, 0.25) is 0 Å². The van der Waals surface area contributed by atoms with Crippen molar-refractivity contribution in [2.24, 2.45) is 5.92 Å². The van der Waals surface area contributed by atoms with Gasteiger partial charge in [-0.15, -0.1) is 0 Å². The van der Waals surface area contributed by atoms with E-state index in [1.165, 1.54) is 58.0 Å². The normalized spacial score (nSPS) is 28.2. The van der Waals surface area contributed by atoms with Gasteiger partial charge in [0.05, 0.1) is 0 Å². The van der Waals surface area contributed by atoms with E-state index in [1.54, 1.807) is 0 Å². The molecule has 1 atom stereocenters. The quantitative estimate of drug-likeness (QED) is 0.830. The van der Waals surface area contributed by atoms with E-state index in [9.17, 15) is 0 Å². The lowest BCUT2D eigenvalue weighted by Gasteiger charge is -2.56. The van der Waals surface area contributed by atoms with E-state index in [-0.39, 0.29) is 0 Å². The van der Waals surface area contributed by atoms with Gasteiger partial charge in [0.15, 0.2) is 0 Å². The Kier molecular flexibility index (Phi) is 5.18. The molecule has 1 spiro atoms. The van der Waals surface area contributed by atoms with Gasteiger partial charge in [0.1, 0.15) is 0 Å². The summed E-state index contributed by atoms with van der Waals surface area (Å²) in [6.07, 6.45) is 9.58. The molecule has 1 saturated carbocycles. The Balaban J connectivity index is 2.21. The number of hydrogen-bond acceptors (Lipinski definition) is 2. The highest BCUT2D eigenvalue weighted by Crippen LogP contribution is 2.38. The highest BCUT2D eigenvalue weighted by atomic mass is 15.3. The zero-order chi connectivity index (χ0) is 14.8. The average molecular weight is 280 g/mol. The molecule has 1 heterocycles. The van der Waals surface area contributed by atoms with Crippen LogP contribution in [0.15, 0.2) is 0 Å². The number of nitrogens with zero attached hydrogens (tertiary/aromatic N) is 1. The molecule has 118 valence electrons. The van der Waals surface area contributed by atoms with Gasteiger partial charge in [-0.3, -0.25) is 4.90 Å². The van der Waals surface area contributed by atoms with E-state index in [0.717, 1.165) is 5.92 Å². The first-order valence-corrected chi connectivity index (χ1v) is 8.98. The first-order valence-electron chi connectivity index (χ1n) is 8.98. The third-order valence-corrected chi connectivity index (χ3v) is 6.36. The summed E-state index contributed by atoms with van der Waals surface area (Å²) in [5, 5.41) is 3.97. The van der Waals surface area contributed by atoms with Gasteiger partial charge >= 0.3 is 0 Å². The lowest BCUT2D eigenvalue weighted by atomic mass is 9.76. The molecule has 2 aliphatic rings. The molecule has 2 nitrogen and oxygen atoms in total. The molecule has 20 heavy (non-hydrogen) atoms. The minimum Gasteiger partial charge on any atom is -0.308 e. The summed E-state index contributed by atoms with van der Waals surface area (Å²) in [5.41, 5.74) is 0.802. The molecule has 0 radical (unpaired) electrons. The summed E-state index contributed by atoms with van der Waals surface area (Å²) in [7, 11) is 0. The monoisotopic (exact) mass is 280 g/mol. The predicted octanol–water partition coefficient (Wildman–Crippen LogP) is 4.20. The van der Waals surface area contributed by atoms with Crippen LogP contribution in [0.4, 0.5) is 0 Å². The first kappa shape index (κ1) is 16.3. The highest BCUT2D eigenvalue weighted by Gasteiger charge is 2.45. The second-order valence-corrected chi connectivity index (χ2v) is 7.87. The Morgan fingerprint density at radius 1 is 1.15 bits per heavy atom. The lowest BCUT2D eigenvalue weighted by molar-refractivity contribution is -0.0392. The molecule has 2 fully saturated rings. The minimum atomic E-state index is 0.376. The fraction of sp³-hybridized carbons (Fsp3) is 1.00. The fourth-order valence-electron chi connectivity index (χ4n) is 4.34. The Labute approximate surface area is 126 Å². The molecule has 2 rings (SSSR count). The van der Waals surface area contributed by atoms with Crippen LogP contribution in [0.25, 0.3) is 0 Å². The summed E-state index contributed by atoms with van der Waals surface area (Å²) >= 11 is 0. The van der Waals surface area contributed by atoms with Gasteiger partial charge in [0, 0.05) is 30.2 Å². The maximum Gasteiger partial charge on any atom is 0.0309 e. The second kappa shape index (κ2) is 6.36. The van der Waals surface area contributed by atoms with Crippen molar-refractivity contribution in [2.75, 3.05) is 13.1 Å². The zero-order valence-corrected chi connectivity index (χ0v) is 14.5. The maximum atomic E-state index is 3.97. The molecular weight excluding hydrogens is 244 g/mol. The molecular formula is C18H36N2. The summed E-state index contributed by atoms with van der Waals surface area (Å²) in [6.45, 7) is 14.5. The minimum absolute atomic E-state index is 0.376. The van der Waals surface area contributed by atoms with Crippen LogP contribution in [0.3, 0.4) is 0 Å². The third-order valence-electron chi connectivity index (χ3n) is 6.36. The topological polar surface area (TPSA) is 15.3 Å². The van der Waals surface area contributed by atoms with Gasteiger partial charge in [-0.2, -0.15) is 0 Å². The van der Waals surface area contributed by atoms with Crippen molar-refractivity contribution >= 4 is 0 Å². The molecule has 1 unspecified atom stereocenters. The van der Waals surface area contributed by atoms with Crippen LogP contribution in [-0.4, -0.2) is 35.1 Å². The number of nitrogens with one attached hydrogen (secondary N) is 1. The molecule has 2 heteroatoms. The number of piperazine rings is 1. The van der Waals surface area contributed by atoms with E-state index < -0.39 is 0 Å². The number of rotatable bonds is 4. The molecule has 0 amide bonds. The van der Waals surface area contributed by atoms with E-state index in [2.05, 4.69) is 44.8 Å². The van der Waals surface area contributed by atoms with Crippen molar-refractivity contribution in [1.29, 1.82) is 0 Å². The Morgan fingerprint density at radius 2 is 1.75 bits per heavy atom. The summed E-state index contributed by atoms with van der Waals surface area (Å²) in [6, 6.07) is 0.701. The van der Waals surface area contributed by atoms with Crippen LogP contribution >= 0.6 is 0 Å². The Morgan fingerprint density at radius 3 is 2.25 bits per heavy atom. The van der Waals surface area contributed by atoms with Gasteiger partial charge in [-0.1, -0.05) is 47.0 Å². The zero-order valence-electron chi connectivity index (χ0n) is 14.5. The van der Waals surface area contributed by atoms with Crippen LogP contribution in [-0.2, 0) is 0 Å². The Bertz CT molecular complexity index is 301. The molecule has 0 aromatic heterocycles. The van der Waals surface area contributed by atoms with Gasteiger partial charge < -0.3 is 5.32 Å². The van der Waals surface area contributed by atoms with E-state index in [4.69, 9.17) is 0 Å². The van der Waals surface area contributed by atoms with Crippen molar-refractivity contribution < 1.29 is 0 Å². The molecule has 0 bridgehead atoms. The van der Waals surface area contributed by atoms with Crippen molar-refractivity contribution in [2.45, 2.75) is 96.7 Å². The lowest BCUT2D eigenvalue weighted by Crippen LogP contribution is -2.70. The van der Waals surface area contributed by atoms with Crippen LogP contribution < -0.4 is 5.32 Å². The highest BCUT2D eigenvalue weighted by molar-refractivity contribution is 5.04. The van der Waals surface area contributed by atoms with Gasteiger partial charge in [0.25, 0.3) is 0 Å². The van der Waals surface area contributed by atoms with Crippen molar-refractivity contribution in [3.05, 3.63) is 0 Å². The van der Waals surface area contributed by atoms with Crippen molar-refractivity contribution in [1.82, 2.24) is 10.2 Å². The summed E-state index contributed by atoms with van der Waals surface area (Å²) in [5.74, 6) is 0.737. The van der Waals surface area contributed by atoms with Gasteiger partial charge in [0.2, 0.25) is 0 Å². The largest absolute Gasteiger partial charge is 0.308 e. The van der Waals surface area contributed by atoms with E-state index >= 15 is 0 Å². The predicted molar refractivity (Wildman–Crippen MR) is 88.1 cm³/mol. The molecule has 1 aliphatic carbocycles. The molecule has 1 saturated heterocycles. The average Bonchev–Trinajstić information content (AvgIpc) is 2.47. The van der Waals surface area contributed by atoms with Crippen LogP contribution in [0, 0.1) is 5.92 Å². The first-order chi connectivity index (χ1) is 9.46.